The molecule has 7 heteroatoms. The van der Waals surface area contributed by atoms with Gasteiger partial charge >= 0.3 is 5.97 Å². The van der Waals surface area contributed by atoms with Crippen molar-refractivity contribution in [3.63, 3.8) is 0 Å². The summed E-state index contributed by atoms with van der Waals surface area (Å²) < 4.78 is 5.04. The molecular formula is C8H17N3O4. The van der Waals surface area contributed by atoms with Gasteiger partial charge in [0.25, 0.3) is 0 Å². The van der Waals surface area contributed by atoms with E-state index in [0.29, 0.717) is 13.2 Å². The lowest BCUT2D eigenvalue weighted by Crippen LogP contribution is -2.35. The van der Waals surface area contributed by atoms with E-state index in [1.165, 1.54) is 5.01 Å². The van der Waals surface area contributed by atoms with Gasteiger partial charge in [-0.05, 0) is 12.8 Å². The minimum atomic E-state index is -1.07. The van der Waals surface area contributed by atoms with Gasteiger partial charge in [-0.3, -0.25) is 9.80 Å². The third-order valence-corrected chi connectivity index (χ3v) is 1.77. The summed E-state index contributed by atoms with van der Waals surface area (Å²) in [6.07, 6.45) is 1.51. The van der Waals surface area contributed by atoms with Crippen LogP contribution in [-0.2, 0) is 9.53 Å². The molecule has 0 saturated heterocycles. The summed E-state index contributed by atoms with van der Waals surface area (Å²) in [6.45, 7) is 1.02. The van der Waals surface area contributed by atoms with Crippen LogP contribution in [0.25, 0.3) is 0 Å². The third kappa shape index (κ3) is 7.83. The maximum absolute atomic E-state index is 10.3. The maximum atomic E-state index is 10.3. The Morgan fingerprint density at radius 1 is 1.60 bits per heavy atom. The summed E-state index contributed by atoms with van der Waals surface area (Å²) in [5, 5.41) is 12.4. The van der Waals surface area contributed by atoms with Crippen LogP contribution in [0.15, 0.2) is 5.29 Å². The summed E-state index contributed by atoms with van der Waals surface area (Å²) >= 11 is 0. The number of nitroso groups, excluding NO2 is 1. The number of carboxylic acids is 1. The van der Waals surface area contributed by atoms with Crippen LogP contribution in [0.3, 0.4) is 0 Å². The van der Waals surface area contributed by atoms with Crippen LogP contribution in [0, 0.1) is 4.91 Å². The number of hydrogen-bond acceptors (Lipinski definition) is 5. The lowest BCUT2D eigenvalue weighted by Gasteiger charge is -2.09. The highest BCUT2D eigenvalue weighted by Crippen LogP contribution is 1.94. The van der Waals surface area contributed by atoms with Gasteiger partial charge in [-0.15, -0.1) is 4.91 Å². The quantitative estimate of drug-likeness (QED) is 0.316. The number of ether oxygens (including phenoxy) is 1. The monoisotopic (exact) mass is 219 g/mol. The number of carbonyl (C=O) groups is 1. The molecule has 0 aromatic carbocycles. The van der Waals surface area contributed by atoms with E-state index in [0.717, 1.165) is 12.8 Å². The molecule has 0 aliphatic heterocycles. The van der Waals surface area contributed by atoms with Crippen LogP contribution < -0.4 is 5.73 Å². The lowest BCUT2D eigenvalue weighted by molar-refractivity contribution is -0.140. The van der Waals surface area contributed by atoms with Gasteiger partial charge < -0.3 is 15.6 Å². The normalized spacial score (nSPS) is 12.1. The first-order valence-electron chi connectivity index (χ1n) is 4.68. The van der Waals surface area contributed by atoms with Crippen molar-refractivity contribution >= 4 is 5.97 Å². The molecule has 0 spiro atoms. The summed E-state index contributed by atoms with van der Waals surface area (Å²) in [4.78, 5) is 20.2. The highest BCUT2D eigenvalue weighted by Gasteiger charge is 2.10. The summed E-state index contributed by atoms with van der Waals surface area (Å²) in [7, 11) is 1.59. The van der Waals surface area contributed by atoms with Crippen LogP contribution in [-0.4, -0.2) is 48.9 Å². The zero-order chi connectivity index (χ0) is 11.7. The number of hydrogen-bond donors (Lipinski definition) is 2. The third-order valence-electron chi connectivity index (χ3n) is 1.77. The molecule has 15 heavy (non-hydrogen) atoms. The van der Waals surface area contributed by atoms with Crippen molar-refractivity contribution in [2.45, 2.75) is 18.9 Å². The molecule has 7 nitrogen and oxygen atoms in total. The Morgan fingerprint density at radius 3 is 2.80 bits per heavy atom. The van der Waals surface area contributed by atoms with Gasteiger partial charge in [-0.25, -0.2) is 0 Å². The zero-order valence-corrected chi connectivity index (χ0v) is 8.76. The van der Waals surface area contributed by atoms with Crippen LogP contribution in [0.4, 0.5) is 0 Å². The van der Waals surface area contributed by atoms with Crippen molar-refractivity contribution in [2.24, 2.45) is 11.0 Å². The molecule has 0 fully saturated rings. The Kier molecular flexibility index (Phi) is 7.47. The zero-order valence-electron chi connectivity index (χ0n) is 8.76. The molecule has 0 amide bonds. The number of rotatable bonds is 9. The van der Waals surface area contributed by atoms with Gasteiger partial charge in [0, 0.05) is 20.2 Å². The first-order chi connectivity index (χ1) is 7.07. The standard InChI is InChI=1S/C8H17N3O4/c1-11(10-14)4-2-3-5-15-6-7(9)8(12)13/h7H,2-6,9H2,1H3,(H,12,13). The second kappa shape index (κ2) is 8.13. The Hall–Kier alpha value is -1.21. The first-order valence-corrected chi connectivity index (χ1v) is 4.68. The van der Waals surface area contributed by atoms with Crippen molar-refractivity contribution in [1.29, 1.82) is 0 Å². The fourth-order valence-electron chi connectivity index (χ4n) is 0.867. The maximum Gasteiger partial charge on any atom is 0.322 e. The smallest absolute Gasteiger partial charge is 0.322 e. The average molecular weight is 219 g/mol. The van der Waals surface area contributed by atoms with E-state index in [2.05, 4.69) is 5.29 Å². The van der Waals surface area contributed by atoms with Crippen LogP contribution in [0.2, 0.25) is 0 Å². The van der Waals surface area contributed by atoms with Gasteiger partial charge in [0.2, 0.25) is 0 Å². The minimum absolute atomic E-state index is 0.0110. The number of nitrogens with zero attached hydrogens (tertiary/aromatic N) is 2. The molecule has 0 aliphatic rings. The van der Waals surface area contributed by atoms with E-state index in [9.17, 15) is 9.70 Å². The van der Waals surface area contributed by atoms with Crippen molar-refractivity contribution in [1.82, 2.24) is 5.01 Å². The van der Waals surface area contributed by atoms with Crippen molar-refractivity contribution in [3.8, 4) is 0 Å². The molecule has 1 unspecified atom stereocenters. The summed E-state index contributed by atoms with van der Waals surface area (Å²) in [5.74, 6) is -1.07. The fourth-order valence-corrected chi connectivity index (χ4v) is 0.867. The molecule has 0 aliphatic carbocycles. The van der Waals surface area contributed by atoms with E-state index in [-0.39, 0.29) is 6.61 Å². The topological polar surface area (TPSA) is 105 Å². The van der Waals surface area contributed by atoms with Crippen molar-refractivity contribution < 1.29 is 14.6 Å². The average Bonchev–Trinajstić information content (AvgIpc) is 2.22. The van der Waals surface area contributed by atoms with Gasteiger partial charge in [0.15, 0.2) is 0 Å². The Bertz CT molecular complexity index is 200. The number of nitrogens with two attached hydrogens (primary N) is 1. The van der Waals surface area contributed by atoms with Crippen LogP contribution in [0.1, 0.15) is 12.8 Å². The lowest BCUT2D eigenvalue weighted by atomic mass is 10.3. The van der Waals surface area contributed by atoms with E-state index in [4.69, 9.17) is 15.6 Å². The van der Waals surface area contributed by atoms with Crippen LogP contribution >= 0.6 is 0 Å². The molecule has 0 radical (unpaired) electrons. The molecule has 1 atom stereocenters. The SMILES string of the molecule is CN(CCCCOCC(N)C(=O)O)N=O. The van der Waals surface area contributed by atoms with Crippen molar-refractivity contribution in [2.75, 3.05) is 26.8 Å². The molecular weight excluding hydrogens is 202 g/mol. The van der Waals surface area contributed by atoms with Crippen LogP contribution in [0.5, 0.6) is 0 Å². The highest BCUT2D eigenvalue weighted by atomic mass is 16.5. The number of aliphatic carboxylic acids is 1. The molecule has 0 aromatic heterocycles. The first kappa shape index (κ1) is 13.8. The Labute approximate surface area is 88.1 Å². The van der Waals surface area contributed by atoms with Gasteiger partial charge in [-0.2, -0.15) is 0 Å². The molecule has 3 N–H and O–H groups in total. The van der Waals surface area contributed by atoms with E-state index >= 15 is 0 Å². The van der Waals surface area contributed by atoms with Gasteiger partial charge in [-0.1, -0.05) is 0 Å². The van der Waals surface area contributed by atoms with E-state index in [1.807, 2.05) is 0 Å². The predicted molar refractivity (Wildman–Crippen MR) is 54.1 cm³/mol. The molecule has 0 bridgehead atoms. The largest absolute Gasteiger partial charge is 0.480 e. The van der Waals surface area contributed by atoms with Gasteiger partial charge in [0.05, 0.1) is 11.9 Å². The Balaban J connectivity index is 3.25. The summed E-state index contributed by atoms with van der Waals surface area (Å²) in [5.41, 5.74) is 5.21. The summed E-state index contributed by atoms with van der Waals surface area (Å²) in [6, 6.07) is -0.968. The molecule has 0 heterocycles. The number of carboxylic acid groups (broad SMARTS) is 1. The van der Waals surface area contributed by atoms with Crippen molar-refractivity contribution in [3.05, 3.63) is 4.91 Å². The predicted octanol–water partition coefficient (Wildman–Crippen LogP) is -0.192. The highest BCUT2D eigenvalue weighted by molar-refractivity contribution is 5.73. The Morgan fingerprint density at radius 2 is 2.27 bits per heavy atom. The minimum Gasteiger partial charge on any atom is -0.480 e. The molecule has 0 aromatic rings. The van der Waals surface area contributed by atoms with E-state index in [1.54, 1.807) is 7.05 Å². The number of unbranched alkanes of at least 4 members (excludes halogenated alkanes) is 1. The molecule has 0 saturated carbocycles. The second-order valence-electron chi connectivity index (χ2n) is 3.19. The molecule has 0 rings (SSSR count). The van der Waals surface area contributed by atoms with Gasteiger partial charge in [0.1, 0.15) is 6.04 Å². The van der Waals surface area contributed by atoms with E-state index < -0.39 is 12.0 Å². The fraction of sp³-hybridized carbons (Fsp3) is 0.875. The second-order valence-corrected chi connectivity index (χ2v) is 3.19. The molecule has 88 valence electrons.